The van der Waals surface area contributed by atoms with Gasteiger partial charge in [-0.2, -0.15) is 0 Å². The molecule has 0 aromatic carbocycles. The highest BCUT2D eigenvalue weighted by atomic mass is 16.3. The number of nitrogens with one attached hydrogen (secondary N) is 1. The van der Waals surface area contributed by atoms with Crippen LogP contribution in [-0.4, -0.2) is 26.2 Å². The third-order valence-electron chi connectivity index (χ3n) is 2.66. The minimum atomic E-state index is 0.133. The van der Waals surface area contributed by atoms with Gasteiger partial charge in [-0.05, 0) is 19.1 Å². The number of aromatic nitrogens is 3. The van der Waals surface area contributed by atoms with Gasteiger partial charge in [0.1, 0.15) is 11.5 Å². The van der Waals surface area contributed by atoms with Gasteiger partial charge in [-0.1, -0.05) is 0 Å². The van der Waals surface area contributed by atoms with Gasteiger partial charge in [-0.25, -0.2) is 4.98 Å². The number of hydrogen-bond donors (Lipinski definition) is 2. The molecule has 0 aliphatic heterocycles. The second kappa shape index (κ2) is 3.90. The number of nitrogens with zero attached hydrogens (tertiary/aromatic N) is 2. The molecule has 4 nitrogen and oxygen atoms in total. The third kappa shape index (κ3) is 1.68. The summed E-state index contributed by atoms with van der Waals surface area (Å²) in [6.45, 7) is 2.17. The van der Waals surface area contributed by atoms with Crippen LogP contribution in [0.25, 0.3) is 11.4 Å². The van der Waals surface area contributed by atoms with Gasteiger partial charge in [0, 0.05) is 25.4 Å². The molecule has 0 saturated heterocycles. The Morgan fingerprint density at radius 2 is 2.33 bits per heavy atom. The molecule has 2 heterocycles. The van der Waals surface area contributed by atoms with E-state index in [0.717, 1.165) is 22.9 Å². The third-order valence-corrected chi connectivity index (χ3v) is 2.66. The molecule has 2 N–H and O–H groups in total. The first-order chi connectivity index (χ1) is 7.24. The Balaban J connectivity index is 2.45. The smallest absolute Gasteiger partial charge is 0.111 e. The fourth-order valence-electron chi connectivity index (χ4n) is 1.69. The van der Waals surface area contributed by atoms with Crippen molar-refractivity contribution in [3.05, 3.63) is 29.8 Å². The Kier molecular flexibility index (Phi) is 2.60. The Morgan fingerprint density at radius 3 is 2.93 bits per heavy atom. The molecule has 0 amide bonds. The summed E-state index contributed by atoms with van der Waals surface area (Å²) in [5.41, 5.74) is 3.10. The number of H-pyrrole nitrogens is 1. The Hall–Kier alpha value is -1.55. The van der Waals surface area contributed by atoms with Crippen molar-refractivity contribution in [3.8, 4) is 11.4 Å². The van der Waals surface area contributed by atoms with Crippen LogP contribution < -0.4 is 0 Å². The molecule has 2 aromatic rings. The molecular formula is C11H15N3O. The van der Waals surface area contributed by atoms with Crippen molar-refractivity contribution in [1.82, 2.24) is 14.5 Å². The van der Waals surface area contributed by atoms with Crippen molar-refractivity contribution < 1.29 is 5.11 Å². The van der Waals surface area contributed by atoms with E-state index >= 15 is 0 Å². The molecule has 0 unspecified atom stereocenters. The van der Waals surface area contributed by atoms with E-state index in [-0.39, 0.29) is 6.61 Å². The molecule has 0 spiro atoms. The molecule has 2 aromatic heterocycles. The maximum Gasteiger partial charge on any atom is 0.111 e. The first kappa shape index (κ1) is 9.98. The largest absolute Gasteiger partial charge is 0.396 e. The van der Waals surface area contributed by atoms with Gasteiger partial charge in [0.15, 0.2) is 0 Å². The van der Waals surface area contributed by atoms with Gasteiger partial charge in [0.2, 0.25) is 0 Å². The summed E-state index contributed by atoms with van der Waals surface area (Å²) in [6.07, 6.45) is 2.48. The lowest BCUT2D eigenvalue weighted by Gasteiger charge is -2.00. The van der Waals surface area contributed by atoms with E-state index < -0.39 is 0 Å². The first-order valence-corrected chi connectivity index (χ1v) is 5.01. The van der Waals surface area contributed by atoms with Gasteiger partial charge >= 0.3 is 0 Å². The van der Waals surface area contributed by atoms with E-state index in [9.17, 15) is 0 Å². The molecular weight excluding hydrogens is 190 g/mol. The second-order valence-corrected chi connectivity index (χ2v) is 3.58. The summed E-state index contributed by atoms with van der Waals surface area (Å²) in [5.74, 6) is 0.916. The molecule has 0 saturated carbocycles. The maximum atomic E-state index is 8.91. The molecule has 15 heavy (non-hydrogen) atoms. The standard InChI is InChI=1S/C11H15N3O/c1-8-11(9-4-3-6-12-9)13-10(5-7-15)14(8)2/h3-4,6,12,15H,5,7H2,1-2H3. The number of aliphatic hydroxyl groups is 1. The van der Waals surface area contributed by atoms with Gasteiger partial charge in [0.25, 0.3) is 0 Å². The van der Waals surface area contributed by atoms with Crippen LogP contribution in [0.4, 0.5) is 0 Å². The van der Waals surface area contributed by atoms with Crippen LogP contribution in [0.2, 0.25) is 0 Å². The molecule has 80 valence electrons. The zero-order chi connectivity index (χ0) is 10.8. The van der Waals surface area contributed by atoms with Crippen molar-refractivity contribution in [1.29, 1.82) is 0 Å². The zero-order valence-electron chi connectivity index (χ0n) is 8.99. The van der Waals surface area contributed by atoms with Crippen molar-refractivity contribution in [3.63, 3.8) is 0 Å². The summed E-state index contributed by atoms with van der Waals surface area (Å²) in [7, 11) is 1.97. The number of hydrogen-bond acceptors (Lipinski definition) is 2. The van der Waals surface area contributed by atoms with Crippen LogP contribution in [-0.2, 0) is 13.5 Å². The van der Waals surface area contributed by atoms with E-state index in [0.29, 0.717) is 6.42 Å². The summed E-state index contributed by atoms with van der Waals surface area (Å²) in [4.78, 5) is 7.65. The van der Waals surface area contributed by atoms with E-state index in [1.54, 1.807) is 0 Å². The lowest BCUT2D eigenvalue weighted by molar-refractivity contribution is 0.295. The molecule has 0 atom stereocenters. The Morgan fingerprint density at radius 1 is 1.53 bits per heavy atom. The predicted octanol–water partition coefficient (Wildman–Crippen LogP) is 1.26. The normalized spacial score (nSPS) is 10.9. The Bertz CT molecular complexity index is 443. The van der Waals surface area contributed by atoms with Crippen molar-refractivity contribution in [2.24, 2.45) is 7.05 Å². The zero-order valence-corrected chi connectivity index (χ0v) is 8.99. The molecule has 0 aliphatic rings. The molecule has 4 heteroatoms. The van der Waals surface area contributed by atoms with E-state index in [4.69, 9.17) is 5.11 Å². The van der Waals surface area contributed by atoms with Crippen LogP contribution in [0.5, 0.6) is 0 Å². The van der Waals surface area contributed by atoms with Gasteiger partial charge in [0.05, 0.1) is 12.3 Å². The molecule has 0 aliphatic carbocycles. The fraction of sp³-hybridized carbons (Fsp3) is 0.364. The maximum absolute atomic E-state index is 8.91. The number of imidazole rings is 1. The molecule has 0 radical (unpaired) electrons. The summed E-state index contributed by atoms with van der Waals surface area (Å²) in [6, 6.07) is 3.95. The Labute approximate surface area is 88.6 Å². The van der Waals surface area contributed by atoms with Crippen LogP contribution in [0.3, 0.4) is 0 Å². The SMILES string of the molecule is Cc1c(-c2ccc[nH]2)nc(CCO)n1C. The van der Waals surface area contributed by atoms with Crippen molar-refractivity contribution in [2.75, 3.05) is 6.61 Å². The van der Waals surface area contributed by atoms with Crippen LogP contribution >= 0.6 is 0 Å². The highest BCUT2D eigenvalue weighted by Crippen LogP contribution is 2.21. The van der Waals surface area contributed by atoms with Crippen LogP contribution in [0, 0.1) is 6.92 Å². The number of aromatic amines is 1. The van der Waals surface area contributed by atoms with E-state index in [1.165, 1.54) is 0 Å². The van der Waals surface area contributed by atoms with Crippen LogP contribution in [0.15, 0.2) is 18.3 Å². The molecule has 2 rings (SSSR count). The van der Waals surface area contributed by atoms with E-state index in [2.05, 4.69) is 9.97 Å². The first-order valence-electron chi connectivity index (χ1n) is 5.01. The summed E-state index contributed by atoms with van der Waals surface area (Å²) >= 11 is 0. The van der Waals surface area contributed by atoms with Gasteiger partial charge in [-0.3, -0.25) is 0 Å². The fourth-order valence-corrected chi connectivity index (χ4v) is 1.69. The summed E-state index contributed by atoms with van der Waals surface area (Å²) < 4.78 is 2.02. The minimum Gasteiger partial charge on any atom is -0.396 e. The van der Waals surface area contributed by atoms with Gasteiger partial charge < -0.3 is 14.7 Å². The minimum absolute atomic E-state index is 0.133. The average molecular weight is 205 g/mol. The second-order valence-electron chi connectivity index (χ2n) is 3.58. The summed E-state index contributed by atoms with van der Waals surface area (Å²) in [5, 5.41) is 8.91. The molecule has 0 fully saturated rings. The predicted molar refractivity (Wildman–Crippen MR) is 58.5 cm³/mol. The number of aliphatic hydroxyl groups excluding tert-OH is 1. The quantitative estimate of drug-likeness (QED) is 0.792. The molecule has 0 bridgehead atoms. The topological polar surface area (TPSA) is 53.8 Å². The van der Waals surface area contributed by atoms with Gasteiger partial charge in [-0.15, -0.1) is 0 Å². The lowest BCUT2D eigenvalue weighted by atomic mass is 10.2. The monoisotopic (exact) mass is 205 g/mol. The van der Waals surface area contributed by atoms with Crippen molar-refractivity contribution in [2.45, 2.75) is 13.3 Å². The number of rotatable bonds is 3. The lowest BCUT2D eigenvalue weighted by Crippen LogP contribution is -2.01. The van der Waals surface area contributed by atoms with Crippen molar-refractivity contribution >= 4 is 0 Å². The average Bonchev–Trinajstić information content (AvgIpc) is 2.82. The van der Waals surface area contributed by atoms with Crippen LogP contribution in [0.1, 0.15) is 11.5 Å². The highest BCUT2D eigenvalue weighted by molar-refractivity contribution is 5.57. The highest BCUT2D eigenvalue weighted by Gasteiger charge is 2.12. The van der Waals surface area contributed by atoms with E-state index in [1.807, 2.05) is 36.9 Å².